The number of ether oxygens (including phenoxy) is 1. The van der Waals surface area contributed by atoms with E-state index >= 15 is 0 Å². The summed E-state index contributed by atoms with van der Waals surface area (Å²) in [5.41, 5.74) is 7.02. The number of esters is 1. The lowest BCUT2D eigenvalue weighted by atomic mass is 10.0. The molecule has 2 N–H and O–H groups in total. The maximum absolute atomic E-state index is 11.6. The third-order valence-electron chi connectivity index (χ3n) is 3.39. The van der Waals surface area contributed by atoms with Crippen molar-refractivity contribution in [3.8, 4) is 0 Å². The smallest absolute Gasteiger partial charge is 0.306 e. The molecule has 3 nitrogen and oxygen atoms in total. The summed E-state index contributed by atoms with van der Waals surface area (Å²) >= 11 is 0. The first-order valence-corrected chi connectivity index (χ1v) is 7.67. The number of carbonyl (C=O) groups is 1. The molecule has 0 bridgehead atoms. The van der Waals surface area contributed by atoms with Gasteiger partial charge in [0, 0.05) is 12.5 Å². The van der Waals surface area contributed by atoms with Crippen LogP contribution in [-0.2, 0) is 16.1 Å². The molecule has 0 fully saturated rings. The normalized spacial score (nSPS) is 11.5. The van der Waals surface area contributed by atoms with Crippen LogP contribution in [0.4, 0.5) is 0 Å². The summed E-state index contributed by atoms with van der Waals surface area (Å²) in [5, 5.41) is 0. The second-order valence-electron chi connectivity index (χ2n) is 5.29. The quantitative estimate of drug-likeness (QED) is 0.519. The van der Waals surface area contributed by atoms with E-state index in [2.05, 4.69) is 6.92 Å². The fourth-order valence-electron chi connectivity index (χ4n) is 2.09. The SMILES string of the molecule is CCCCCCC(N)CCC(=O)OCc1ccccc1.Cl. The number of unbranched alkanes of at least 4 members (excludes halogenated alkanes) is 3. The van der Waals surface area contributed by atoms with Crippen molar-refractivity contribution in [3.63, 3.8) is 0 Å². The topological polar surface area (TPSA) is 52.3 Å². The van der Waals surface area contributed by atoms with E-state index in [0.717, 1.165) is 24.8 Å². The molecule has 0 aliphatic heterocycles. The average Bonchev–Trinajstić information content (AvgIpc) is 2.48. The van der Waals surface area contributed by atoms with E-state index in [1.807, 2.05) is 30.3 Å². The Labute approximate surface area is 134 Å². The van der Waals surface area contributed by atoms with E-state index in [4.69, 9.17) is 10.5 Å². The van der Waals surface area contributed by atoms with Crippen molar-refractivity contribution in [2.24, 2.45) is 5.73 Å². The molecular formula is C17H28ClNO2. The number of benzene rings is 1. The van der Waals surface area contributed by atoms with Crippen molar-refractivity contribution in [1.82, 2.24) is 0 Å². The Bertz CT molecular complexity index is 370. The van der Waals surface area contributed by atoms with Crippen LogP contribution in [0.25, 0.3) is 0 Å². The third-order valence-corrected chi connectivity index (χ3v) is 3.39. The number of nitrogens with two attached hydrogens (primary N) is 1. The molecule has 0 aromatic heterocycles. The lowest BCUT2D eigenvalue weighted by molar-refractivity contribution is -0.145. The number of hydrogen-bond acceptors (Lipinski definition) is 3. The minimum atomic E-state index is -0.155. The zero-order valence-corrected chi connectivity index (χ0v) is 13.7. The van der Waals surface area contributed by atoms with Gasteiger partial charge in [-0.25, -0.2) is 0 Å². The van der Waals surface area contributed by atoms with Crippen LogP contribution >= 0.6 is 12.4 Å². The predicted molar refractivity (Wildman–Crippen MR) is 89.5 cm³/mol. The van der Waals surface area contributed by atoms with Gasteiger partial charge in [-0.15, -0.1) is 12.4 Å². The molecular weight excluding hydrogens is 286 g/mol. The molecule has 1 unspecified atom stereocenters. The van der Waals surface area contributed by atoms with Crippen molar-refractivity contribution < 1.29 is 9.53 Å². The van der Waals surface area contributed by atoms with Gasteiger partial charge in [-0.3, -0.25) is 4.79 Å². The molecule has 0 spiro atoms. The van der Waals surface area contributed by atoms with Crippen LogP contribution in [-0.4, -0.2) is 12.0 Å². The van der Waals surface area contributed by atoms with E-state index in [0.29, 0.717) is 13.0 Å². The van der Waals surface area contributed by atoms with Crippen molar-refractivity contribution in [2.45, 2.75) is 64.5 Å². The summed E-state index contributed by atoms with van der Waals surface area (Å²) in [6.07, 6.45) is 7.05. The van der Waals surface area contributed by atoms with Gasteiger partial charge >= 0.3 is 5.97 Å². The first-order valence-electron chi connectivity index (χ1n) is 7.67. The molecule has 120 valence electrons. The van der Waals surface area contributed by atoms with Crippen molar-refractivity contribution in [3.05, 3.63) is 35.9 Å². The van der Waals surface area contributed by atoms with E-state index < -0.39 is 0 Å². The third kappa shape index (κ3) is 10.3. The number of halogens is 1. The maximum Gasteiger partial charge on any atom is 0.306 e. The van der Waals surface area contributed by atoms with Crippen LogP contribution in [0.15, 0.2) is 30.3 Å². The van der Waals surface area contributed by atoms with Gasteiger partial charge in [-0.1, -0.05) is 62.9 Å². The van der Waals surface area contributed by atoms with Gasteiger partial charge in [-0.2, -0.15) is 0 Å². The Balaban J connectivity index is 0.00000400. The van der Waals surface area contributed by atoms with Crippen LogP contribution in [0.5, 0.6) is 0 Å². The summed E-state index contributed by atoms with van der Waals surface area (Å²) < 4.78 is 5.23. The van der Waals surface area contributed by atoms with Gasteiger partial charge in [0.1, 0.15) is 6.61 Å². The average molecular weight is 314 g/mol. The number of hydrogen-bond donors (Lipinski definition) is 1. The fourth-order valence-corrected chi connectivity index (χ4v) is 2.09. The van der Waals surface area contributed by atoms with Crippen LogP contribution in [0.1, 0.15) is 57.4 Å². The van der Waals surface area contributed by atoms with Gasteiger partial charge in [0.05, 0.1) is 0 Å². The molecule has 0 saturated carbocycles. The molecule has 4 heteroatoms. The zero-order valence-electron chi connectivity index (χ0n) is 12.9. The van der Waals surface area contributed by atoms with Crippen LogP contribution in [0.2, 0.25) is 0 Å². The fraction of sp³-hybridized carbons (Fsp3) is 0.588. The van der Waals surface area contributed by atoms with Crippen molar-refractivity contribution in [1.29, 1.82) is 0 Å². The minimum absolute atomic E-state index is 0. The molecule has 0 aliphatic rings. The lowest BCUT2D eigenvalue weighted by Gasteiger charge is -2.11. The largest absolute Gasteiger partial charge is 0.461 e. The van der Waals surface area contributed by atoms with Crippen LogP contribution < -0.4 is 5.73 Å². The van der Waals surface area contributed by atoms with Crippen molar-refractivity contribution in [2.75, 3.05) is 0 Å². The van der Waals surface area contributed by atoms with E-state index in [1.54, 1.807) is 0 Å². The van der Waals surface area contributed by atoms with E-state index in [-0.39, 0.29) is 24.4 Å². The molecule has 21 heavy (non-hydrogen) atoms. The maximum atomic E-state index is 11.6. The second-order valence-corrected chi connectivity index (χ2v) is 5.29. The van der Waals surface area contributed by atoms with E-state index in [9.17, 15) is 4.79 Å². The molecule has 1 atom stereocenters. The highest BCUT2D eigenvalue weighted by molar-refractivity contribution is 5.85. The molecule has 0 amide bonds. The second kappa shape index (κ2) is 12.7. The minimum Gasteiger partial charge on any atom is -0.461 e. The van der Waals surface area contributed by atoms with Gasteiger partial charge in [0.15, 0.2) is 0 Å². The van der Waals surface area contributed by atoms with Gasteiger partial charge in [-0.05, 0) is 18.4 Å². The molecule has 1 aromatic rings. The number of rotatable bonds is 10. The summed E-state index contributed by atoms with van der Waals surface area (Å²) in [6.45, 7) is 2.55. The summed E-state index contributed by atoms with van der Waals surface area (Å²) in [4.78, 5) is 11.6. The monoisotopic (exact) mass is 313 g/mol. The highest BCUT2D eigenvalue weighted by Crippen LogP contribution is 2.09. The molecule has 0 radical (unpaired) electrons. The van der Waals surface area contributed by atoms with Gasteiger partial charge in [0.25, 0.3) is 0 Å². The predicted octanol–water partition coefficient (Wildman–Crippen LogP) is 4.23. The highest BCUT2D eigenvalue weighted by Gasteiger charge is 2.08. The van der Waals surface area contributed by atoms with Crippen molar-refractivity contribution >= 4 is 18.4 Å². The molecule has 1 rings (SSSR count). The standard InChI is InChI=1S/C17H27NO2.ClH/c1-2-3-4-8-11-16(18)12-13-17(19)20-14-15-9-6-5-7-10-15;/h5-7,9-10,16H,2-4,8,11-14,18H2,1H3;1H. The Morgan fingerprint density at radius 3 is 2.52 bits per heavy atom. The molecule has 0 aliphatic carbocycles. The Hall–Kier alpha value is -1.06. The summed E-state index contributed by atoms with van der Waals surface area (Å²) in [5.74, 6) is -0.155. The summed E-state index contributed by atoms with van der Waals surface area (Å²) in [7, 11) is 0. The molecule has 0 heterocycles. The summed E-state index contributed by atoms with van der Waals surface area (Å²) in [6, 6.07) is 9.85. The van der Waals surface area contributed by atoms with Gasteiger partial charge in [0.2, 0.25) is 0 Å². The highest BCUT2D eigenvalue weighted by atomic mass is 35.5. The first-order chi connectivity index (χ1) is 9.72. The van der Waals surface area contributed by atoms with Crippen LogP contribution in [0, 0.1) is 0 Å². The van der Waals surface area contributed by atoms with Crippen LogP contribution in [0.3, 0.4) is 0 Å². The van der Waals surface area contributed by atoms with Gasteiger partial charge < -0.3 is 10.5 Å². The Morgan fingerprint density at radius 1 is 1.14 bits per heavy atom. The Kier molecular flexibility index (Phi) is 12.0. The first kappa shape index (κ1) is 19.9. The zero-order chi connectivity index (χ0) is 14.6. The van der Waals surface area contributed by atoms with E-state index in [1.165, 1.54) is 19.3 Å². The molecule has 0 saturated heterocycles. The number of carbonyl (C=O) groups excluding carboxylic acids is 1. The molecule has 1 aromatic carbocycles. The lowest BCUT2D eigenvalue weighted by Crippen LogP contribution is -2.21. The Morgan fingerprint density at radius 2 is 1.86 bits per heavy atom.